The van der Waals surface area contributed by atoms with E-state index in [1.54, 1.807) is 17.0 Å². The number of benzene rings is 1. The molecule has 0 unspecified atom stereocenters. The van der Waals surface area contributed by atoms with E-state index in [0.29, 0.717) is 17.3 Å². The highest BCUT2D eigenvalue weighted by Crippen LogP contribution is 2.31. The van der Waals surface area contributed by atoms with E-state index in [1.165, 1.54) is 0 Å². The van der Waals surface area contributed by atoms with Crippen molar-refractivity contribution in [3.05, 3.63) is 29.3 Å². The van der Waals surface area contributed by atoms with E-state index < -0.39 is 0 Å². The van der Waals surface area contributed by atoms with Gasteiger partial charge in [-0.05, 0) is 32.9 Å². The first-order chi connectivity index (χ1) is 9.28. The van der Waals surface area contributed by atoms with Crippen LogP contribution in [0, 0.1) is 5.92 Å². The van der Waals surface area contributed by atoms with Crippen molar-refractivity contribution >= 4 is 29.1 Å². The Labute approximate surface area is 124 Å². The van der Waals surface area contributed by atoms with Crippen molar-refractivity contribution in [1.29, 1.82) is 0 Å². The third-order valence-electron chi connectivity index (χ3n) is 3.14. The number of nitrogens with zero attached hydrogens (tertiary/aromatic N) is 1. The summed E-state index contributed by atoms with van der Waals surface area (Å²) >= 11 is 6.11. The summed E-state index contributed by atoms with van der Waals surface area (Å²) in [6, 6.07) is 7.18. The highest BCUT2D eigenvalue weighted by molar-refractivity contribution is 6.33. The van der Waals surface area contributed by atoms with Crippen LogP contribution in [0.25, 0.3) is 0 Å². The summed E-state index contributed by atoms with van der Waals surface area (Å²) in [4.78, 5) is 25.8. The third kappa shape index (κ3) is 3.31. The van der Waals surface area contributed by atoms with Gasteiger partial charge in [-0.15, -0.1) is 0 Å². The number of hydrogen-bond donors (Lipinski definition) is 1. The number of hydrogen-bond acceptors (Lipinski definition) is 2. The Morgan fingerprint density at radius 2 is 2.00 bits per heavy atom. The maximum Gasteiger partial charge on any atom is 0.227 e. The molecule has 0 spiro atoms. The van der Waals surface area contributed by atoms with Crippen LogP contribution < -0.4 is 10.2 Å². The van der Waals surface area contributed by atoms with E-state index in [2.05, 4.69) is 5.32 Å². The molecule has 2 rings (SSSR count). The van der Waals surface area contributed by atoms with Gasteiger partial charge < -0.3 is 10.2 Å². The molecule has 0 bridgehead atoms. The molecule has 2 amide bonds. The van der Waals surface area contributed by atoms with Gasteiger partial charge in [0.2, 0.25) is 11.8 Å². The number of halogens is 1. The van der Waals surface area contributed by atoms with Gasteiger partial charge in [-0.2, -0.15) is 0 Å². The van der Waals surface area contributed by atoms with Crippen molar-refractivity contribution in [2.24, 2.45) is 5.92 Å². The zero-order valence-electron chi connectivity index (χ0n) is 11.9. The molecule has 0 aliphatic carbocycles. The SMILES string of the molecule is CC(C)(C)NC(=O)[C@H]1CC(=O)N(c2ccccc2Cl)C1. The van der Waals surface area contributed by atoms with Crippen molar-refractivity contribution in [2.45, 2.75) is 32.7 Å². The number of amides is 2. The van der Waals surface area contributed by atoms with Crippen LogP contribution in [0.5, 0.6) is 0 Å². The second kappa shape index (κ2) is 5.44. The molecule has 0 radical (unpaired) electrons. The Hall–Kier alpha value is -1.55. The molecule has 1 aromatic rings. The number of rotatable bonds is 2. The average Bonchev–Trinajstić information content (AvgIpc) is 2.70. The predicted molar refractivity (Wildman–Crippen MR) is 79.8 cm³/mol. The first-order valence-corrected chi connectivity index (χ1v) is 7.02. The van der Waals surface area contributed by atoms with Gasteiger partial charge in [0.15, 0.2) is 0 Å². The Morgan fingerprint density at radius 3 is 2.60 bits per heavy atom. The number of carbonyl (C=O) groups excluding carboxylic acids is 2. The Balaban J connectivity index is 2.12. The number of anilines is 1. The largest absolute Gasteiger partial charge is 0.351 e. The molecule has 1 saturated heterocycles. The van der Waals surface area contributed by atoms with E-state index in [9.17, 15) is 9.59 Å². The maximum absolute atomic E-state index is 12.1. The van der Waals surface area contributed by atoms with Gasteiger partial charge in [0, 0.05) is 18.5 Å². The fraction of sp³-hybridized carbons (Fsp3) is 0.467. The van der Waals surface area contributed by atoms with Gasteiger partial charge in [-0.1, -0.05) is 23.7 Å². The molecule has 1 aromatic carbocycles. The second-order valence-electron chi connectivity index (χ2n) is 6.10. The predicted octanol–water partition coefficient (Wildman–Crippen LogP) is 2.61. The lowest BCUT2D eigenvalue weighted by Crippen LogP contribution is -2.44. The fourth-order valence-electron chi connectivity index (χ4n) is 2.26. The van der Waals surface area contributed by atoms with Gasteiger partial charge in [-0.25, -0.2) is 0 Å². The van der Waals surface area contributed by atoms with Crippen LogP contribution in [0.4, 0.5) is 5.69 Å². The minimum Gasteiger partial charge on any atom is -0.351 e. The summed E-state index contributed by atoms with van der Waals surface area (Å²) in [7, 11) is 0. The molecule has 1 N–H and O–H groups in total. The van der Waals surface area contributed by atoms with Gasteiger partial charge in [0.05, 0.1) is 16.6 Å². The minimum atomic E-state index is -0.321. The van der Waals surface area contributed by atoms with E-state index in [0.717, 1.165) is 0 Å². The zero-order valence-corrected chi connectivity index (χ0v) is 12.7. The summed E-state index contributed by atoms with van der Waals surface area (Å²) in [6.45, 7) is 6.15. The Bertz CT molecular complexity index is 537. The Kier molecular flexibility index (Phi) is 4.04. The van der Waals surface area contributed by atoms with Crippen LogP contribution in [0.15, 0.2) is 24.3 Å². The minimum absolute atomic E-state index is 0.0628. The normalized spacial score (nSPS) is 19.3. The highest BCUT2D eigenvalue weighted by atomic mass is 35.5. The molecule has 5 heteroatoms. The maximum atomic E-state index is 12.1. The Morgan fingerprint density at radius 1 is 1.35 bits per heavy atom. The summed E-state index contributed by atoms with van der Waals surface area (Å²) in [6.07, 6.45) is 0.229. The molecule has 1 aliphatic heterocycles. The molecule has 1 fully saturated rings. The summed E-state index contributed by atoms with van der Waals surface area (Å²) in [5, 5.41) is 3.44. The molecule has 20 heavy (non-hydrogen) atoms. The van der Waals surface area contributed by atoms with Crippen molar-refractivity contribution in [3.8, 4) is 0 Å². The highest BCUT2D eigenvalue weighted by Gasteiger charge is 2.36. The average molecular weight is 295 g/mol. The summed E-state index contributed by atoms with van der Waals surface area (Å²) in [5.41, 5.74) is 0.378. The van der Waals surface area contributed by atoms with Crippen LogP contribution in [-0.2, 0) is 9.59 Å². The summed E-state index contributed by atoms with van der Waals surface area (Å²) in [5.74, 6) is -0.467. The van der Waals surface area contributed by atoms with E-state index in [4.69, 9.17) is 11.6 Å². The summed E-state index contributed by atoms with van der Waals surface area (Å²) < 4.78 is 0. The number of nitrogens with one attached hydrogen (secondary N) is 1. The van der Waals surface area contributed by atoms with Gasteiger partial charge >= 0.3 is 0 Å². The molecule has 0 aromatic heterocycles. The zero-order chi connectivity index (χ0) is 14.9. The lowest BCUT2D eigenvalue weighted by Gasteiger charge is -2.23. The number of para-hydroxylation sites is 1. The lowest BCUT2D eigenvalue weighted by atomic mass is 10.0. The standard InChI is InChI=1S/C15H19ClN2O2/c1-15(2,3)17-14(20)10-8-13(19)18(9-10)12-7-5-4-6-11(12)16/h4-7,10H,8-9H2,1-3H3,(H,17,20)/t10-/m0/s1. The first-order valence-electron chi connectivity index (χ1n) is 6.65. The molecular weight excluding hydrogens is 276 g/mol. The molecule has 1 atom stereocenters. The quantitative estimate of drug-likeness (QED) is 0.911. The topological polar surface area (TPSA) is 49.4 Å². The van der Waals surface area contributed by atoms with Gasteiger partial charge in [0.1, 0.15) is 0 Å². The number of carbonyl (C=O) groups is 2. The van der Waals surface area contributed by atoms with Gasteiger partial charge in [-0.3, -0.25) is 9.59 Å². The van der Waals surface area contributed by atoms with Crippen molar-refractivity contribution in [2.75, 3.05) is 11.4 Å². The van der Waals surface area contributed by atoms with Gasteiger partial charge in [0.25, 0.3) is 0 Å². The smallest absolute Gasteiger partial charge is 0.227 e. The molecule has 1 heterocycles. The monoisotopic (exact) mass is 294 g/mol. The molecule has 0 saturated carbocycles. The van der Waals surface area contributed by atoms with Crippen LogP contribution in [0.2, 0.25) is 5.02 Å². The molecule has 1 aliphatic rings. The molecule has 108 valence electrons. The van der Waals surface area contributed by atoms with Crippen LogP contribution in [0.1, 0.15) is 27.2 Å². The lowest BCUT2D eigenvalue weighted by molar-refractivity contribution is -0.127. The van der Waals surface area contributed by atoms with Crippen molar-refractivity contribution in [3.63, 3.8) is 0 Å². The van der Waals surface area contributed by atoms with E-state index >= 15 is 0 Å². The van der Waals surface area contributed by atoms with E-state index in [-0.39, 0.29) is 29.7 Å². The van der Waals surface area contributed by atoms with E-state index in [1.807, 2.05) is 32.9 Å². The van der Waals surface area contributed by atoms with Crippen molar-refractivity contribution in [1.82, 2.24) is 5.32 Å². The van der Waals surface area contributed by atoms with Crippen molar-refractivity contribution < 1.29 is 9.59 Å². The molecule has 4 nitrogen and oxygen atoms in total. The van der Waals surface area contributed by atoms with Crippen LogP contribution in [-0.4, -0.2) is 23.9 Å². The second-order valence-corrected chi connectivity index (χ2v) is 6.50. The van der Waals surface area contributed by atoms with Crippen LogP contribution in [0.3, 0.4) is 0 Å². The van der Waals surface area contributed by atoms with Crippen LogP contribution >= 0.6 is 11.6 Å². The fourth-order valence-corrected chi connectivity index (χ4v) is 2.50. The first kappa shape index (κ1) is 14.9. The third-order valence-corrected chi connectivity index (χ3v) is 3.46. The molecular formula is C15H19ClN2O2.